The Balaban J connectivity index is 2.05. The SMILES string of the molecule is CCc1ccc(CC(NN)C(C)(C)N2CCCCC2)s1. The van der Waals surface area contributed by atoms with Crippen LogP contribution in [0.2, 0.25) is 0 Å². The molecule has 0 aromatic carbocycles. The van der Waals surface area contributed by atoms with Crippen LogP contribution in [0.5, 0.6) is 0 Å². The predicted molar refractivity (Wildman–Crippen MR) is 88.0 cm³/mol. The monoisotopic (exact) mass is 295 g/mol. The van der Waals surface area contributed by atoms with E-state index in [9.17, 15) is 0 Å². The lowest BCUT2D eigenvalue weighted by Crippen LogP contribution is -2.61. The third kappa shape index (κ3) is 3.61. The maximum Gasteiger partial charge on any atom is 0.0437 e. The van der Waals surface area contributed by atoms with Gasteiger partial charge < -0.3 is 0 Å². The lowest BCUT2D eigenvalue weighted by atomic mass is 9.88. The second kappa shape index (κ2) is 7.03. The summed E-state index contributed by atoms with van der Waals surface area (Å²) < 4.78 is 0. The smallest absolute Gasteiger partial charge is 0.0437 e. The van der Waals surface area contributed by atoms with E-state index in [1.165, 1.54) is 42.1 Å². The molecule has 3 nitrogen and oxygen atoms in total. The maximum absolute atomic E-state index is 5.88. The number of aryl methyl sites for hydroxylation is 1. The molecule has 4 heteroatoms. The van der Waals surface area contributed by atoms with Crippen LogP contribution in [-0.4, -0.2) is 29.6 Å². The molecule has 1 unspecified atom stereocenters. The molecular weight excluding hydrogens is 266 g/mol. The summed E-state index contributed by atoms with van der Waals surface area (Å²) in [5.74, 6) is 5.88. The fourth-order valence-corrected chi connectivity index (χ4v) is 4.13. The minimum atomic E-state index is 0.103. The molecule has 1 aromatic heterocycles. The molecule has 2 rings (SSSR count). The first-order valence-electron chi connectivity index (χ1n) is 7.86. The van der Waals surface area contributed by atoms with Crippen LogP contribution >= 0.6 is 11.3 Å². The summed E-state index contributed by atoms with van der Waals surface area (Å²) in [5, 5.41) is 0. The molecule has 1 fully saturated rings. The van der Waals surface area contributed by atoms with E-state index in [-0.39, 0.29) is 5.54 Å². The first-order chi connectivity index (χ1) is 9.57. The number of nitrogens with two attached hydrogens (primary N) is 1. The Morgan fingerprint density at radius 1 is 1.25 bits per heavy atom. The van der Waals surface area contributed by atoms with Gasteiger partial charge in [-0.2, -0.15) is 0 Å². The Hall–Kier alpha value is -0.420. The van der Waals surface area contributed by atoms with Gasteiger partial charge in [-0.25, -0.2) is 0 Å². The van der Waals surface area contributed by atoms with Crippen LogP contribution in [-0.2, 0) is 12.8 Å². The van der Waals surface area contributed by atoms with Crippen LogP contribution in [0, 0.1) is 0 Å². The summed E-state index contributed by atoms with van der Waals surface area (Å²) in [6.45, 7) is 9.28. The lowest BCUT2D eigenvalue weighted by Gasteiger charge is -2.45. The van der Waals surface area contributed by atoms with Gasteiger partial charge in [0.2, 0.25) is 0 Å². The molecule has 0 aliphatic carbocycles. The van der Waals surface area contributed by atoms with Crippen molar-refractivity contribution in [2.75, 3.05) is 13.1 Å². The number of hydrogen-bond donors (Lipinski definition) is 2. The number of hydrogen-bond acceptors (Lipinski definition) is 4. The molecule has 1 aliphatic heterocycles. The maximum atomic E-state index is 5.88. The molecule has 1 atom stereocenters. The number of likely N-dealkylation sites (tertiary alicyclic amines) is 1. The van der Waals surface area contributed by atoms with Crippen molar-refractivity contribution in [1.82, 2.24) is 10.3 Å². The zero-order valence-corrected chi connectivity index (χ0v) is 13.9. The highest BCUT2D eigenvalue weighted by atomic mass is 32.1. The molecule has 3 N–H and O–H groups in total. The van der Waals surface area contributed by atoms with Crippen molar-refractivity contribution in [3.8, 4) is 0 Å². The van der Waals surface area contributed by atoms with E-state index in [1.807, 2.05) is 11.3 Å². The van der Waals surface area contributed by atoms with Crippen molar-refractivity contribution in [3.63, 3.8) is 0 Å². The molecular formula is C16H29N3S. The largest absolute Gasteiger partial charge is 0.297 e. The Labute approximate surface area is 127 Å². The summed E-state index contributed by atoms with van der Waals surface area (Å²) in [6, 6.07) is 4.81. The van der Waals surface area contributed by atoms with Gasteiger partial charge in [0.05, 0.1) is 0 Å². The Morgan fingerprint density at radius 2 is 1.90 bits per heavy atom. The number of nitrogens with one attached hydrogen (secondary N) is 1. The van der Waals surface area contributed by atoms with Crippen molar-refractivity contribution in [1.29, 1.82) is 0 Å². The van der Waals surface area contributed by atoms with Gasteiger partial charge in [-0.15, -0.1) is 11.3 Å². The quantitative estimate of drug-likeness (QED) is 0.626. The van der Waals surface area contributed by atoms with E-state index in [0.29, 0.717) is 6.04 Å². The summed E-state index contributed by atoms with van der Waals surface area (Å²) in [6.07, 6.45) is 6.16. The highest BCUT2D eigenvalue weighted by molar-refractivity contribution is 7.11. The molecule has 1 aliphatic rings. The van der Waals surface area contributed by atoms with E-state index < -0.39 is 0 Å². The fourth-order valence-electron chi connectivity index (χ4n) is 3.13. The Bertz CT molecular complexity index is 408. The molecule has 0 bridgehead atoms. The van der Waals surface area contributed by atoms with Crippen molar-refractivity contribution >= 4 is 11.3 Å². The van der Waals surface area contributed by atoms with Crippen molar-refractivity contribution in [2.24, 2.45) is 5.84 Å². The lowest BCUT2D eigenvalue weighted by molar-refractivity contribution is 0.0613. The molecule has 20 heavy (non-hydrogen) atoms. The number of nitrogens with zero attached hydrogens (tertiary/aromatic N) is 1. The standard InChI is InChI=1S/C16H29N3S/c1-4-13-8-9-14(20-13)12-15(18-17)16(2,3)19-10-6-5-7-11-19/h8-9,15,18H,4-7,10-12,17H2,1-3H3. The van der Waals surface area contributed by atoms with Crippen LogP contribution < -0.4 is 11.3 Å². The molecule has 1 saturated heterocycles. The number of thiophene rings is 1. The molecule has 114 valence electrons. The van der Waals surface area contributed by atoms with Crippen molar-refractivity contribution in [3.05, 3.63) is 21.9 Å². The highest BCUT2D eigenvalue weighted by Crippen LogP contribution is 2.27. The highest BCUT2D eigenvalue weighted by Gasteiger charge is 2.35. The minimum Gasteiger partial charge on any atom is -0.297 e. The summed E-state index contributed by atoms with van der Waals surface area (Å²) in [4.78, 5) is 5.51. The molecule has 1 aromatic rings. The van der Waals surface area contributed by atoms with Gasteiger partial charge in [0.25, 0.3) is 0 Å². The second-order valence-electron chi connectivity index (χ2n) is 6.35. The third-order valence-electron chi connectivity index (χ3n) is 4.70. The van der Waals surface area contributed by atoms with Gasteiger partial charge in [0.1, 0.15) is 0 Å². The van der Waals surface area contributed by atoms with Crippen LogP contribution in [0.4, 0.5) is 0 Å². The van der Waals surface area contributed by atoms with Crippen LogP contribution in [0.3, 0.4) is 0 Å². The number of hydrazine groups is 1. The predicted octanol–water partition coefficient (Wildman–Crippen LogP) is 2.95. The first kappa shape index (κ1) is 16.0. The zero-order valence-electron chi connectivity index (χ0n) is 13.1. The third-order valence-corrected chi connectivity index (χ3v) is 5.95. The van der Waals surface area contributed by atoms with Crippen LogP contribution in [0.25, 0.3) is 0 Å². The molecule has 0 saturated carbocycles. The van der Waals surface area contributed by atoms with Crippen LogP contribution in [0.1, 0.15) is 49.8 Å². The second-order valence-corrected chi connectivity index (χ2v) is 7.60. The number of rotatable bonds is 6. The number of piperidine rings is 1. The summed E-state index contributed by atoms with van der Waals surface area (Å²) >= 11 is 1.93. The van der Waals surface area contributed by atoms with E-state index in [4.69, 9.17) is 5.84 Å². The Morgan fingerprint density at radius 3 is 2.45 bits per heavy atom. The normalized spacial score (nSPS) is 19.2. The van der Waals surface area contributed by atoms with Gasteiger partial charge >= 0.3 is 0 Å². The fraction of sp³-hybridized carbons (Fsp3) is 0.750. The average Bonchev–Trinajstić information content (AvgIpc) is 2.93. The van der Waals surface area contributed by atoms with Gasteiger partial charge in [-0.3, -0.25) is 16.2 Å². The summed E-state index contributed by atoms with van der Waals surface area (Å²) in [5.41, 5.74) is 3.18. The van der Waals surface area contributed by atoms with E-state index in [2.05, 4.69) is 43.2 Å². The Kier molecular flexibility index (Phi) is 5.61. The van der Waals surface area contributed by atoms with Crippen LogP contribution in [0.15, 0.2) is 12.1 Å². The van der Waals surface area contributed by atoms with Crippen molar-refractivity contribution < 1.29 is 0 Å². The topological polar surface area (TPSA) is 41.3 Å². The van der Waals surface area contributed by atoms with Gasteiger partial charge in [-0.1, -0.05) is 13.3 Å². The zero-order chi connectivity index (χ0) is 14.6. The van der Waals surface area contributed by atoms with E-state index in [0.717, 1.165) is 12.8 Å². The summed E-state index contributed by atoms with van der Waals surface area (Å²) in [7, 11) is 0. The van der Waals surface area contributed by atoms with Gasteiger partial charge in [0, 0.05) is 27.8 Å². The molecule has 0 radical (unpaired) electrons. The molecule has 2 heterocycles. The van der Waals surface area contributed by atoms with Crippen molar-refractivity contribution in [2.45, 2.75) is 64.5 Å². The first-order valence-corrected chi connectivity index (χ1v) is 8.68. The minimum absolute atomic E-state index is 0.103. The molecule has 0 spiro atoms. The molecule has 0 amide bonds. The van der Waals surface area contributed by atoms with E-state index in [1.54, 1.807) is 0 Å². The average molecular weight is 295 g/mol. The van der Waals surface area contributed by atoms with E-state index >= 15 is 0 Å². The van der Waals surface area contributed by atoms with Gasteiger partial charge in [-0.05, 0) is 58.3 Å². The van der Waals surface area contributed by atoms with Gasteiger partial charge in [0.15, 0.2) is 0 Å².